The van der Waals surface area contributed by atoms with E-state index in [9.17, 15) is 4.79 Å². The maximum Gasteiger partial charge on any atom is 0.253 e. The van der Waals surface area contributed by atoms with Gasteiger partial charge < -0.3 is 9.64 Å². The summed E-state index contributed by atoms with van der Waals surface area (Å²) in [6.45, 7) is 2.01. The number of hydrogen-bond donors (Lipinski definition) is 0. The van der Waals surface area contributed by atoms with E-state index in [1.165, 1.54) is 0 Å². The molecule has 21 heavy (non-hydrogen) atoms. The monoisotopic (exact) mass is 283 g/mol. The predicted octanol–water partition coefficient (Wildman–Crippen LogP) is 3.76. The fraction of sp³-hybridized carbons (Fsp3) is 0.278. The molecule has 2 rings (SSSR count). The highest BCUT2D eigenvalue weighted by Crippen LogP contribution is 2.27. The third-order valence-electron chi connectivity index (χ3n) is 3.58. The maximum absolute atomic E-state index is 12.3. The van der Waals surface area contributed by atoms with Crippen LogP contribution in [0.1, 0.15) is 28.9 Å². The number of carbonyl (C=O) groups excluding carboxylic acids is 1. The Hall–Kier alpha value is -2.13. The van der Waals surface area contributed by atoms with Crippen molar-refractivity contribution in [1.29, 1.82) is 0 Å². The summed E-state index contributed by atoms with van der Waals surface area (Å²) < 4.78 is 5.37. The number of amides is 1. The molecule has 0 aromatic heterocycles. The Morgan fingerprint density at radius 3 is 2.48 bits per heavy atom. The van der Waals surface area contributed by atoms with E-state index in [2.05, 4.69) is 6.07 Å². The standard InChI is InChI=1S/C18H21NO2/c1-13(21-4)14-8-7-9-15(12-14)16-10-5-6-11-17(16)18(20)19(2)3/h5-13H,1-4H3/t13-/m1/s1. The van der Waals surface area contributed by atoms with Crippen LogP contribution in [0.2, 0.25) is 0 Å². The van der Waals surface area contributed by atoms with Gasteiger partial charge in [0.15, 0.2) is 0 Å². The van der Waals surface area contributed by atoms with Gasteiger partial charge in [0.25, 0.3) is 5.91 Å². The quantitative estimate of drug-likeness (QED) is 0.855. The summed E-state index contributed by atoms with van der Waals surface area (Å²) in [5, 5.41) is 0. The lowest BCUT2D eigenvalue weighted by molar-refractivity contribution is 0.0828. The topological polar surface area (TPSA) is 29.5 Å². The Balaban J connectivity index is 2.50. The van der Waals surface area contributed by atoms with Crippen molar-refractivity contribution in [2.45, 2.75) is 13.0 Å². The molecule has 1 amide bonds. The third kappa shape index (κ3) is 3.31. The first-order valence-corrected chi connectivity index (χ1v) is 6.98. The molecular weight excluding hydrogens is 262 g/mol. The van der Waals surface area contributed by atoms with Gasteiger partial charge in [-0.25, -0.2) is 0 Å². The second-order valence-electron chi connectivity index (χ2n) is 5.25. The lowest BCUT2D eigenvalue weighted by atomic mass is 9.96. The van der Waals surface area contributed by atoms with Crippen molar-refractivity contribution in [3.8, 4) is 11.1 Å². The minimum Gasteiger partial charge on any atom is -0.377 e. The van der Waals surface area contributed by atoms with E-state index in [0.29, 0.717) is 5.56 Å². The zero-order valence-corrected chi connectivity index (χ0v) is 13.0. The summed E-state index contributed by atoms with van der Waals surface area (Å²) in [4.78, 5) is 13.9. The first-order chi connectivity index (χ1) is 10.0. The number of rotatable bonds is 4. The van der Waals surface area contributed by atoms with Gasteiger partial charge in [0.05, 0.1) is 6.10 Å². The third-order valence-corrected chi connectivity index (χ3v) is 3.58. The van der Waals surface area contributed by atoms with Crippen LogP contribution in [0.4, 0.5) is 0 Å². The lowest BCUT2D eigenvalue weighted by Gasteiger charge is -2.16. The van der Waals surface area contributed by atoms with Gasteiger partial charge in [-0.1, -0.05) is 36.4 Å². The number of methoxy groups -OCH3 is 1. The second-order valence-corrected chi connectivity index (χ2v) is 5.25. The molecule has 0 fully saturated rings. The Labute approximate surface area is 126 Å². The van der Waals surface area contributed by atoms with E-state index in [4.69, 9.17) is 4.74 Å². The van der Waals surface area contributed by atoms with Gasteiger partial charge in [0.2, 0.25) is 0 Å². The Kier molecular flexibility index (Phi) is 4.76. The summed E-state index contributed by atoms with van der Waals surface area (Å²) in [5.74, 6) is 0.00999. The molecule has 0 aliphatic heterocycles. The average molecular weight is 283 g/mol. The van der Waals surface area contributed by atoms with Crippen LogP contribution in [0, 0.1) is 0 Å². The number of carbonyl (C=O) groups is 1. The van der Waals surface area contributed by atoms with Crippen molar-refractivity contribution in [3.05, 3.63) is 59.7 Å². The zero-order chi connectivity index (χ0) is 15.4. The molecule has 3 nitrogen and oxygen atoms in total. The van der Waals surface area contributed by atoms with Crippen molar-refractivity contribution >= 4 is 5.91 Å². The Morgan fingerprint density at radius 2 is 1.81 bits per heavy atom. The van der Waals surface area contributed by atoms with Crippen LogP contribution in [0.5, 0.6) is 0 Å². The van der Waals surface area contributed by atoms with Crippen LogP contribution in [0.3, 0.4) is 0 Å². The van der Waals surface area contributed by atoms with Gasteiger partial charge in [-0.2, -0.15) is 0 Å². The molecule has 3 heteroatoms. The smallest absolute Gasteiger partial charge is 0.253 e. The largest absolute Gasteiger partial charge is 0.377 e. The lowest BCUT2D eigenvalue weighted by Crippen LogP contribution is -2.22. The molecule has 0 spiro atoms. The molecule has 110 valence electrons. The zero-order valence-electron chi connectivity index (χ0n) is 13.0. The fourth-order valence-electron chi connectivity index (χ4n) is 2.26. The molecule has 0 saturated carbocycles. The summed E-state index contributed by atoms with van der Waals surface area (Å²) in [6.07, 6.45) is 0.0293. The number of hydrogen-bond acceptors (Lipinski definition) is 2. The predicted molar refractivity (Wildman–Crippen MR) is 85.3 cm³/mol. The van der Waals surface area contributed by atoms with Crippen LogP contribution in [-0.4, -0.2) is 32.0 Å². The van der Waals surface area contributed by atoms with E-state index in [1.54, 1.807) is 26.1 Å². The minimum atomic E-state index is 0.00999. The van der Waals surface area contributed by atoms with Gasteiger partial charge in [-0.05, 0) is 35.7 Å². The van der Waals surface area contributed by atoms with Crippen molar-refractivity contribution in [2.75, 3.05) is 21.2 Å². The van der Waals surface area contributed by atoms with Gasteiger partial charge in [-0.3, -0.25) is 4.79 Å². The minimum absolute atomic E-state index is 0.00999. The Bertz CT molecular complexity index is 635. The van der Waals surface area contributed by atoms with Crippen molar-refractivity contribution < 1.29 is 9.53 Å². The van der Waals surface area contributed by atoms with Crippen LogP contribution in [0.15, 0.2) is 48.5 Å². The van der Waals surface area contributed by atoms with E-state index in [1.807, 2.05) is 49.4 Å². The van der Waals surface area contributed by atoms with Crippen LogP contribution < -0.4 is 0 Å². The molecule has 0 N–H and O–H groups in total. The van der Waals surface area contributed by atoms with E-state index in [-0.39, 0.29) is 12.0 Å². The van der Waals surface area contributed by atoms with Gasteiger partial charge in [0, 0.05) is 26.8 Å². The number of benzene rings is 2. The Morgan fingerprint density at radius 1 is 1.10 bits per heavy atom. The van der Waals surface area contributed by atoms with Crippen molar-refractivity contribution in [1.82, 2.24) is 4.90 Å². The normalized spacial score (nSPS) is 12.0. The van der Waals surface area contributed by atoms with Crippen LogP contribution >= 0.6 is 0 Å². The highest BCUT2D eigenvalue weighted by Gasteiger charge is 2.14. The molecule has 0 heterocycles. The van der Waals surface area contributed by atoms with E-state index in [0.717, 1.165) is 16.7 Å². The molecular formula is C18H21NO2. The maximum atomic E-state index is 12.3. The van der Waals surface area contributed by atoms with Crippen LogP contribution in [0.25, 0.3) is 11.1 Å². The van der Waals surface area contributed by atoms with Crippen LogP contribution in [-0.2, 0) is 4.74 Å². The van der Waals surface area contributed by atoms with E-state index >= 15 is 0 Å². The van der Waals surface area contributed by atoms with Gasteiger partial charge in [-0.15, -0.1) is 0 Å². The highest BCUT2D eigenvalue weighted by atomic mass is 16.5. The molecule has 1 atom stereocenters. The molecule has 0 aliphatic carbocycles. The first kappa shape index (κ1) is 15.3. The molecule has 2 aromatic rings. The van der Waals surface area contributed by atoms with Crippen molar-refractivity contribution in [2.24, 2.45) is 0 Å². The first-order valence-electron chi connectivity index (χ1n) is 6.98. The summed E-state index contributed by atoms with van der Waals surface area (Å²) in [7, 11) is 5.23. The molecule has 0 radical (unpaired) electrons. The average Bonchev–Trinajstić information content (AvgIpc) is 2.53. The molecule has 0 saturated heterocycles. The molecule has 0 aliphatic rings. The summed E-state index contributed by atoms with van der Waals surface area (Å²) in [6, 6.07) is 15.8. The van der Waals surface area contributed by atoms with Crippen molar-refractivity contribution in [3.63, 3.8) is 0 Å². The van der Waals surface area contributed by atoms with E-state index < -0.39 is 0 Å². The fourth-order valence-corrected chi connectivity index (χ4v) is 2.26. The molecule has 0 unspecified atom stereocenters. The summed E-state index contributed by atoms with van der Waals surface area (Å²) >= 11 is 0. The second kappa shape index (κ2) is 6.55. The SMILES string of the molecule is CO[C@H](C)c1cccc(-c2ccccc2C(=O)N(C)C)c1. The number of nitrogens with zero attached hydrogens (tertiary/aromatic N) is 1. The molecule has 2 aromatic carbocycles. The molecule has 0 bridgehead atoms. The van der Waals surface area contributed by atoms with Gasteiger partial charge >= 0.3 is 0 Å². The number of ether oxygens (including phenoxy) is 1. The van der Waals surface area contributed by atoms with Gasteiger partial charge in [0.1, 0.15) is 0 Å². The summed E-state index contributed by atoms with van der Waals surface area (Å²) in [5.41, 5.74) is 3.79. The highest BCUT2D eigenvalue weighted by molar-refractivity contribution is 6.00.